The molecule has 2 atom stereocenters. The van der Waals surface area contributed by atoms with E-state index in [9.17, 15) is 13.5 Å². The highest BCUT2D eigenvalue weighted by Gasteiger charge is 2.28. The molecule has 1 aromatic carbocycles. The van der Waals surface area contributed by atoms with E-state index in [2.05, 4.69) is 4.72 Å². The summed E-state index contributed by atoms with van der Waals surface area (Å²) >= 11 is 5.77. The van der Waals surface area contributed by atoms with Crippen LogP contribution in [-0.2, 0) is 10.0 Å². The van der Waals surface area contributed by atoms with Crippen LogP contribution in [0.5, 0.6) is 0 Å². The summed E-state index contributed by atoms with van der Waals surface area (Å²) in [6.07, 6.45) is 2.47. The number of nitrogens with one attached hydrogen (secondary N) is 1. The van der Waals surface area contributed by atoms with E-state index in [0.717, 1.165) is 12.8 Å². The van der Waals surface area contributed by atoms with Crippen molar-refractivity contribution in [1.29, 1.82) is 0 Å². The lowest BCUT2D eigenvalue weighted by molar-refractivity contribution is 0.101. The third-order valence-electron chi connectivity index (χ3n) is 3.31. The topological polar surface area (TPSA) is 92.4 Å². The van der Waals surface area contributed by atoms with Crippen molar-refractivity contribution in [2.45, 2.75) is 42.7 Å². The van der Waals surface area contributed by atoms with Crippen LogP contribution in [0.25, 0.3) is 0 Å². The van der Waals surface area contributed by atoms with Crippen LogP contribution in [0.4, 0.5) is 5.69 Å². The molecule has 5 nitrogen and oxygen atoms in total. The van der Waals surface area contributed by atoms with Crippen molar-refractivity contribution in [3.8, 4) is 0 Å². The zero-order chi connectivity index (χ0) is 14.0. The zero-order valence-corrected chi connectivity index (χ0v) is 11.9. The van der Waals surface area contributed by atoms with Crippen LogP contribution >= 0.6 is 11.6 Å². The lowest BCUT2D eigenvalue weighted by atomic mass is 9.93. The Kier molecular flexibility index (Phi) is 4.35. The van der Waals surface area contributed by atoms with Gasteiger partial charge >= 0.3 is 0 Å². The van der Waals surface area contributed by atoms with Crippen molar-refractivity contribution in [2.24, 2.45) is 0 Å². The number of rotatable bonds is 3. The van der Waals surface area contributed by atoms with Gasteiger partial charge < -0.3 is 10.8 Å². The molecule has 4 N–H and O–H groups in total. The average Bonchev–Trinajstić information content (AvgIpc) is 2.35. The summed E-state index contributed by atoms with van der Waals surface area (Å²) in [7, 11) is -3.68. The molecule has 0 aliphatic heterocycles. The molecule has 1 aliphatic carbocycles. The second kappa shape index (κ2) is 5.66. The van der Waals surface area contributed by atoms with E-state index in [-0.39, 0.29) is 10.6 Å². The summed E-state index contributed by atoms with van der Waals surface area (Å²) in [5.74, 6) is 0. The van der Waals surface area contributed by atoms with Crippen molar-refractivity contribution in [3.05, 3.63) is 23.2 Å². The van der Waals surface area contributed by atoms with Crippen LogP contribution in [0, 0.1) is 0 Å². The molecular formula is C12H17ClN2O3S. The number of hydrogen-bond donors (Lipinski definition) is 3. The number of halogens is 1. The van der Waals surface area contributed by atoms with Gasteiger partial charge in [0.2, 0.25) is 10.0 Å². The molecule has 106 valence electrons. The minimum absolute atomic E-state index is 0.0622. The van der Waals surface area contributed by atoms with Gasteiger partial charge in [-0.3, -0.25) is 0 Å². The Morgan fingerprint density at radius 2 is 2.00 bits per heavy atom. The zero-order valence-electron chi connectivity index (χ0n) is 10.3. The van der Waals surface area contributed by atoms with E-state index in [1.807, 2.05) is 0 Å². The molecule has 1 fully saturated rings. The average molecular weight is 305 g/mol. The minimum Gasteiger partial charge on any atom is -0.397 e. The summed E-state index contributed by atoms with van der Waals surface area (Å²) in [5.41, 5.74) is 5.82. The molecule has 0 saturated heterocycles. The van der Waals surface area contributed by atoms with E-state index >= 15 is 0 Å². The molecule has 0 bridgehead atoms. The number of nitrogens with two attached hydrogens (primary N) is 1. The van der Waals surface area contributed by atoms with E-state index in [1.165, 1.54) is 18.2 Å². The van der Waals surface area contributed by atoms with Crippen LogP contribution in [0.1, 0.15) is 25.7 Å². The Balaban J connectivity index is 2.19. The predicted molar refractivity (Wildman–Crippen MR) is 74.4 cm³/mol. The minimum atomic E-state index is -3.68. The van der Waals surface area contributed by atoms with Crippen LogP contribution in [0.15, 0.2) is 23.1 Å². The third-order valence-corrected chi connectivity index (χ3v) is 5.15. The summed E-state index contributed by atoms with van der Waals surface area (Å²) in [5, 5.41) is 10.1. The van der Waals surface area contributed by atoms with Gasteiger partial charge in [-0.2, -0.15) is 0 Å². The van der Waals surface area contributed by atoms with Crippen LogP contribution in [-0.4, -0.2) is 25.7 Å². The molecule has 1 saturated carbocycles. The predicted octanol–water partition coefficient (Wildman–Crippen LogP) is 1.50. The van der Waals surface area contributed by atoms with Gasteiger partial charge in [-0.05, 0) is 31.0 Å². The van der Waals surface area contributed by atoms with Gasteiger partial charge in [0.05, 0.1) is 21.7 Å². The van der Waals surface area contributed by atoms with Crippen LogP contribution in [0.2, 0.25) is 5.02 Å². The molecule has 0 amide bonds. The molecule has 0 aromatic heterocycles. The van der Waals surface area contributed by atoms with Crippen LogP contribution < -0.4 is 10.5 Å². The fraction of sp³-hybridized carbons (Fsp3) is 0.500. The summed E-state index contributed by atoms with van der Waals surface area (Å²) in [6, 6.07) is 3.73. The maximum Gasteiger partial charge on any atom is 0.240 e. The third kappa shape index (κ3) is 3.39. The van der Waals surface area contributed by atoms with Gasteiger partial charge in [0.15, 0.2) is 0 Å². The molecule has 0 spiro atoms. The highest BCUT2D eigenvalue weighted by Crippen LogP contribution is 2.24. The first kappa shape index (κ1) is 14.6. The van der Waals surface area contributed by atoms with Gasteiger partial charge in [-0.15, -0.1) is 0 Å². The van der Waals surface area contributed by atoms with Crippen molar-refractivity contribution >= 4 is 27.3 Å². The number of aliphatic hydroxyl groups excluding tert-OH is 1. The van der Waals surface area contributed by atoms with E-state index < -0.39 is 22.2 Å². The van der Waals surface area contributed by atoms with Crippen molar-refractivity contribution in [3.63, 3.8) is 0 Å². The lowest BCUT2D eigenvalue weighted by Gasteiger charge is -2.28. The molecular weight excluding hydrogens is 288 g/mol. The first-order valence-electron chi connectivity index (χ1n) is 6.15. The molecule has 1 aromatic rings. The SMILES string of the molecule is Nc1cc(S(=O)(=O)NC2CCCCC2O)ccc1Cl. The monoisotopic (exact) mass is 304 g/mol. The van der Waals surface area contributed by atoms with Crippen LogP contribution in [0.3, 0.4) is 0 Å². The number of nitrogen functional groups attached to an aromatic ring is 1. The number of hydrogen-bond acceptors (Lipinski definition) is 4. The molecule has 0 radical (unpaired) electrons. The highest BCUT2D eigenvalue weighted by atomic mass is 35.5. The van der Waals surface area contributed by atoms with Crippen molar-refractivity contribution in [1.82, 2.24) is 4.72 Å². The Bertz CT molecular complexity index is 562. The van der Waals surface area contributed by atoms with Gasteiger partial charge in [0, 0.05) is 6.04 Å². The Labute approximate surface area is 117 Å². The molecule has 1 aliphatic rings. The number of anilines is 1. The largest absolute Gasteiger partial charge is 0.397 e. The number of benzene rings is 1. The standard InChI is InChI=1S/C12H17ClN2O3S/c13-9-6-5-8(7-10(9)14)19(17,18)15-11-3-1-2-4-12(11)16/h5-7,11-12,15-16H,1-4,14H2. The summed E-state index contributed by atoms with van der Waals surface area (Å²) in [4.78, 5) is 0.0622. The first-order chi connectivity index (χ1) is 8.90. The Morgan fingerprint density at radius 1 is 1.32 bits per heavy atom. The number of sulfonamides is 1. The van der Waals surface area contributed by atoms with E-state index in [4.69, 9.17) is 17.3 Å². The van der Waals surface area contributed by atoms with Crippen molar-refractivity contribution in [2.75, 3.05) is 5.73 Å². The van der Waals surface area contributed by atoms with E-state index in [0.29, 0.717) is 17.9 Å². The Morgan fingerprint density at radius 3 is 2.63 bits per heavy atom. The fourth-order valence-electron chi connectivity index (χ4n) is 2.21. The lowest BCUT2D eigenvalue weighted by Crippen LogP contribution is -2.44. The fourth-order valence-corrected chi connectivity index (χ4v) is 3.66. The van der Waals surface area contributed by atoms with E-state index in [1.54, 1.807) is 0 Å². The van der Waals surface area contributed by atoms with Gasteiger partial charge in [0.1, 0.15) is 0 Å². The quantitative estimate of drug-likeness (QED) is 0.738. The summed E-state index contributed by atoms with van der Waals surface area (Å²) in [6.45, 7) is 0. The second-order valence-corrected chi connectivity index (χ2v) is 6.88. The smallest absolute Gasteiger partial charge is 0.240 e. The molecule has 19 heavy (non-hydrogen) atoms. The Hall–Kier alpha value is -0.820. The molecule has 7 heteroatoms. The van der Waals surface area contributed by atoms with Gasteiger partial charge in [-0.25, -0.2) is 13.1 Å². The highest BCUT2D eigenvalue weighted by molar-refractivity contribution is 7.89. The maximum absolute atomic E-state index is 12.2. The molecule has 0 heterocycles. The molecule has 2 unspecified atom stereocenters. The number of aliphatic hydroxyl groups is 1. The second-order valence-electron chi connectivity index (χ2n) is 4.76. The summed E-state index contributed by atoms with van der Waals surface area (Å²) < 4.78 is 26.9. The van der Waals surface area contributed by atoms with Crippen molar-refractivity contribution < 1.29 is 13.5 Å². The molecule has 2 rings (SSSR count). The van der Waals surface area contributed by atoms with Gasteiger partial charge in [-0.1, -0.05) is 24.4 Å². The maximum atomic E-state index is 12.2. The normalized spacial score (nSPS) is 24.3. The van der Waals surface area contributed by atoms with Gasteiger partial charge in [0.25, 0.3) is 0 Å². The first-order valence-corrected chi connectivity index (χ1v) is 8.02.